The molecule has 1 aromatic carbocycles. The maximum Gasteiger partial charge on any atom is 0.408 e. The molecule has 310 valence electrons. The van der Waals surface area contributed by atoms with E-state index in [1.165, 1.54) is 0 Å². The molecule has 2 aliphatic heterocycles. The third-order valence-electron chi connectivity index (χ3n) is 13.4. The fourth-order valence-corrected chi connectivity index (χ4v) is 11.1. The molecule has 3 N–H and O–H groups in total. The van der Waals surface area contributed by atoms with E-state index in [0.717, 1.165) is 106 Å². The van der Waals surface area contributed by atoms with Gasteiger partial charge in [-0.3, -0.25) is 14.4 Å². The van der Waals surface area contributed by atoms with Crippen molar-refractivity contribution < 1.29 is 37.9 Å². The zero-order valence-electron chi connectivity index (χ0n) is 33.4. The molecule has 8 rings (SSSR count). The number of hydrogen-bond donors (Lipinski definition) is 3. The lowest BCUT2D eigenvalue weighted by Gasteiger charge is -2.32. The van der Waals surface area contributed by atoms with Crippen LogP contribution in [0.4, 0.5) is 4.79 Å². The summed E-state index contributed by atoms with van der Waals surface area (Å²) in [6.07, 6.45) is 12.2. The van der Waals surface area contributed by atoms with E-state index < -0.39 is 53.0 Å². The van der Waals surface area contributed by atoms with Crippen LogP contribution in [-0.2, 0) is 36.9 Å². The predicted molar refractivity (Wildman–Crippen MR) is 215 cm³/mol. The number of aromatic nitrogens is 1. The number of nitrogens with zero attached hydrogens (tertiary/aromatic N) is 2. The highest BCUT2D eigenvalue weighted by Crippen LogP contribution is 2.47. The highest BCUT2D eigenvalue weighted by molar-refractivity contribution is 7.90. The van der Waals surface area contributed by atoms with Crippen LogP contribution in [0.3, 0.4) is 0 Å². The van der Waals surface area contributed by atoms with Crippen molar-refractivity contribution in [2.24, 2.45) is 17.8 Å². The van der Waals surface area contributed by atoms with Gasteiger partial charge in [-0.05, 0) is 94.6 Å². The summed E-state index contributed by atoms with van der Waals surface area (Å²) in [4.78, 5) is 63.5. The second kappa shape index (κ2) is 17.2. The van der Waals surface area contributed by atoms with Crippen LogP contribution in [0, 0.1) is 17.8 Å². The lowest BCUT2D eigenvalue weighted by atomic mass is 9.96. The largest absolute Gasteiger partial charge is 0.593 e. The normalized spacial score (nSPS) is 31.5. The molecule has 2 bridgehead atoms. The zero-order valence-corrected chi connectivity index (χ0v) is 34.2. The standard InChI is InChI=1S/C43H59N5O8S/c1-3-28-24-43(28,41(51)47-57(53)30-21-22-30)46-38(49)34-23-29-25-48(34)40(50)36(27-14-8-9-15-27)45-42(52)56-35-20-12-16-26(35)13-6-5-7-18-32-37(54-4-2)31-17-10-11-19-33(31)44-39(32)55-29/h10-11,17,19,26-30,34-36H,3-9,12-16,18,20-25H2,1-2H3,(H,45,52)(H,46,49)(H,47,51)/t26-,28-,29-,34+,35?,36+,43-,57?/m1/s1. The fraction of sp³-hybridized carbons (Fsp3) is 0.698. The summed E-state index contributed by atoms with van der Waals surface area (Å²) in [6, 6.07) is 5.99. The van der Waals surface area contributed by atoms with Gasteiger partial charge in [0.2, 0.25) is 17.7 Å². The Balaban J connectivity index is 1.14. The molecule has 13 nitrogen and oxygen atoms in total. The average molecular weight is 806 g/mol. The molecular formula is C43H59N5O8S. The molecule has 1 saturated heterocycles. The van der Waals surface area contributed by atoms with Gasteiger partial charge in [0, 0.05) is 24.6 Å². The van der Waals surface area contributed by atoms with Gasteiger partial charge in [0.1, 0.15) is 40.8 Å². The van der Waals surface area contributed by atoms with E-state index in [0.29, 0.717) is 31.7 Å². The number of carbonyl (C=O) groups is 4. The first kappa shape index (κ1) is 40.0. The number of pyridine rings is 1. The van der Waals surface area contributed by atoms with Crippen molar-refractivity contribution in [2.75, 3.05) is 13.2 Å². The fourth-order valence-electron chi connectivity index (χ4n) is 10.0. The molecule has 14 heteroatoms. The SMILES string of the molecule is CCOc1c2c(nc3ccccc13)O[C@@H]1C[C@@H](C(=O)N[C@]3(C(=O)N[S+]([O-])C4CC4)C[C@H]3CC)N(C1)C(=O)[C@H](C1CCCC1)NC(=O)OC1CCC[C@H]1CCCCC2. The first-order chi connectivity index (χ1) is 27.7. The van der Waals surface area contributed by atoms with Crippen LogP contribution in [0.1, 0.15) is 122 Å². The summed E-state index contributed by atoms with van der Waals surface area (Å²) in [7, 11) is 0. The minimum atomic E-state index is -1.51. The molecule has 2 unspecified atom stereocenters. The second-order valence-corrected chi connectivity index (χ2v) is 18.7. The third kappa shape index (κ3) is 8.54. The zero-order chi connectivity index (χ0) is 39.7. The first-order valence-electron chi connectivity index (χ1n) is 21.7. The van der Waals surface area contributed by atoms with Crippen LogP contribution in [-0.4, -0.2) is 86.5 Å². The molecule has 57 heavy (non-hydrogen) atoms. The number of benzene rings is 1. The monoisotopic (exact) mass is 805 g/mol. The Morgan fingerprint density at radius 1 is 0.982 bits per heavy atom. The van der Waals surface area contributed by atoms with Crippen LogP contribution in [0.25, 0.3) is 10.9 Å². The Morgan fingerprint density at radius 3 is 2.49 bits per heavy atom. The van der Waals surface area contributed by atoms with E-state index in [1.54, 1.807) is 4.90 Å². The van der Waals surface area contributed by atoms with Crippen molar-refractivity contribution in [1.82, 2.24) is 25.2 Å². The van der Waals surface area contributed by atoms with E-state index >= 15 is 0 Å². The van der Waals surface area contributed by atoms with Gasteiger partial charge < -0.3 is 34.3 Å². The summed E-state index contributed by atoms with van der Waals surface area (Å²) in [5.74, 6) is -0.0431. The van der Waals surface area contributed by atoms with Crippen LogP contribution in [0.15, 0.2) is 24.3 Å². The summed E-state index contributed by atoms with van der Waals surface area (Å²) in [5.41, 5.74) is 0.401. The lowest BCUT2D eigenvalue weighted by molar-refractivity contribution is -0.142. The van der Waals surface area contributed by atoms with Crippen LogP contribution in [0.2, 0.25) is 0 Å². The molecule has 4 aliphatic carbocycles. The smallest absolute Gasteiger partial charge is 0.408 e. The van der Waals surface area contributed by atoms with Gasteiger partial charge in [-0.15, -0.1) is 0 Å². The summed E-state index contributed by atoms with van der Waals surface area (Å²) in [5, 5.41) is 6.92. The van der Waals surface area contributed by atoms with Crippen molar-refractivity contribution in [3.8, 4) is 11.6 Å². The Bertz CT molecular complexity index is 1820. The number of carbonyl (C=O) groups excluding carboxylic acids is 4. The predicted octanol–water partition coefficient (Wildman–Crippen LogP) is 5.78. The summed E-state index contributed by atoms with van der Waals surface area (Å²) in [6.45, 7) is 4.48. The van der Waals surface area contributed by atoms with Crippen molar-refractivity contribution in [3.05, 3.63) is 29.8 Å². The molecule has 4 amide bonds. The van der Waals surface area contributed by atoms with Crippen LogP contribution < -0.4 is 24.8 Å². The number of rotatable bonds is 9. The Labute approximate surface area is 338 Å². The minimum absolute atomic E-state index is 0.0529. The van der Waals surface area contributed by atoms with E-state index in [1.807, 2.05) is 38.1 Å². The molecule has 3 heterocycles. The Hall–Kier alpha value is -3.78. The Kier molecular flexibility index (Phi) is 12.1. The van der Waals surface area contributed by atoms with Crippen molar-refractivity contribution >= 4 is 46.1 Å². The topological polar surface area (TPSA) is 171 Å². The van der Waals surface area contributed by atoms with Crippen LogP contribution in [0.5, 0.6) is 11.6 Å². The molecule has 2 aromatic rings. The van der Waals surface area contributed by atoms with Gasteiger partial charge in [-0.1, -0.05) is 51.2 Å². The molecule has 4 saturated carbocycles. The van der Waals surface area contributed by atoms with Crippen molar-refractivity contribution in [2.45, 2.75) is 158 Å². The molecule has 0 radical (unpaired) electrons. The van der Waals surface area contributed by atoms with Gasteiger partial charge in [-0.25, -0.2) is 9.78 Å². The van der Waals surface area contributed by atoms with Gasteiger partial charge in [-0.2, -0.15) is 4.72 Å². The van der Waals surface area contributed by atoms with Gasteiger partial charge >= 0.3 is 6.09 Å². The quantitative estimate of drug-likeness (QED) is 0.266. The summed E-state index contributed by atoms with van der Waals surface area (Å²) >= 11 is -1.51. The van der Waals surface area contributed by atoms with E-state index in [4.69, 9.17) is 19.2 Å². The third-order valence-corrected chi connectivity index (χ3v) is 14.9. The number of ether oxygens (including phenoxy) is 3. The number of fused-ring (bicyclic) bond motifs is 5. The number of amides is 4. The van der Waals surface area contributed by atoms with E-state index in [-0.39, 0.29) is 48.0 Å². The van der Waals surface area contributed by atoms with E-state index in [9.17, 15) is 23.7 Å². The summed E-state index contributed by atoms with van der Waals surface area (Å²) < 4.78 is 34.7. The van der Waals surface area contributed by atoms with Crippen molar-refractivity contribution in [1.29, 1.82) is 0 Å². The van der Waals surface area contributed by atoms with Gasteiger partial charge in [0.15, 0.2) is 0 Å². The second-order valence-electron chi connectivity index (χ2n) is 17.3. The molecule has 6 aliphatic rings. The number of hydrogen-bond acceptors (Lipinski definition) is 9. The number of para-hydroxylation sites is 1. The van der Waals surface area contributed by atoms with Gasteiger partial charge in [0.25, 0.3) is 5.91 Å². The van der Waals surface area contributed by atoms with Gasteiger partial charge in [0.05, 0.1) is 35.6 Å². The lowest BCUT2D eigenvalue weighted by Crippen LogP contribution is -2.59. The maximum atomic E-state index is 15.0. The highest BCUT2D eigenvalue weighted by atomic mass is 32.2. The molecule has 5 fully saturated rings. The average Bonchev–Trinajstić information content (AvgIpc) is 3.98. The number of alkyl carbamates (subject to hydrolysis) is 1. The first-order valence-corrected chi connectivity index (χ1v) is 22.9. The number of nitrogens with one attached hydrogen (secondary N) is 3. The van der Waals surface area contributed by atoms with Crippen LogP contribution >= 0.6 is 0 Å². The van der Waals surface area contributed by atoms with Crippen molar-refractivity contribution in [3.63, 3.8) is 0 Å². The maximum absolute atomic E-state index is 15.0. The minimum Gasteiger partial charge on any atom is -0.593 e. The highest BCUT2D eigenvalue weighted by Gasteiger charge is 2.62. The molecular weight excluding hydrogens is 747 g/mol. The molecule has 8 atom stereocenters. The van der Waals surface area contributed by atoms with E-state index in [2.05, 4.69) is 15.4 Å². The Morgan fingerprint density at radius 2 is 1.74 bits per heavy atom. The molecule has 0 spiro atoms. The molecule has 1 aromatic heterocycles.